The molecule has 0 aliphatic heterocycles. The Morgan fingerprint density at radius 2 is 1.92 bits per heavy atom. The second-order valence-electron chi connectivity index (χ2n) is 6.01. The molecule has 0 aliphatic carbocycles. The Bertz CT molecular complexity index is 585. The SMILES string of the molecule is CCC[C@@](C)(OC)C(=O)Nc1ccc(OC(C)C)c(C(=O)OC)c1. The quantitative estimate of drug-likeness (QED) is 0.736. The van der Waals surface area contributed by atoms with Crippen LogP contribution in [-0.4, -0.2) is 37.8 Å². The third kappa shape index (κ3) is 4.96. The molecule has 0 heterocycles. The minimum absolute atomic E-state index is 0.0878. The Kier molecular flexibility index (Phi) is 7.22. The van der Waals surface area contributed by atoms with Crippen LogP contribution in [0, 0.1) is 0 Å². The van der Waals surface area contributed by atoms with Crippen molar-refractivity contribution in [3.05, 3.63) is 23.8 Å². The van der Waals surface area contributed by atoms with E-state index in [1.807, 2.05) is 20.8 Å². The van der Waals surface area contributed by atoms with Gasteiger partial charge in [-0.05, 0) is 45.4 Å². The average molecular weight is 337 g/mol. The summed E-state index contributed by atoms with van der Waals surface area (Å²) in [6.07, 6.45) is 1.32. The van der Waals surface area contributed by atoms with Gasteiger partial charge >= 0.3 is 5.97 Å². The van der Waals surface area contributed by atoms with Crippen molar-refractivity contribution in [1.29, 1.82) is 0 Å². The molecule has 0 unspecified atom stereocenters. The first-order valence-corrected chi connectivity index (χ1v) is 8.03. The van der Waals surface area contributed by atoms with Crippen LogP contribution in [-0.2, 0) is 14.3 Å². The number of hydrogen-bond acceptors (Lipinski definition) is 5. The van der Waals surface area contributed by atoms with Crippen molar-refractivity contribution >= 4 is 17.6 Å². The Morgan fingerprint density at radius 1 is 1.25 bits per heavy atom. The van der Waals surface area contributed by atoms with Gasteiger partial charge in [0.15, 0.2) is 0 Å². The summed E-state index contributed by atoms with van der Waals surface area (Å²) in [5.74, 6) is -0.372. The number of benzene rings is 1. The number of rotatable bonds is 8. The van der Waals surface area contributed by atoms with Crippen LogP contribution < -0.4 is 10.1 Å². The molecule has 0 spiro atoms. The summed E-state index contributed by atoms with van der Waals surface area (Å²) in [5, 5.41) is 2.79. The maximum atomic E-state index is 12.5. The van der Waals surface area contributed by atoms with Gasteiger partial charge in [-0.1, -0.05) is 13.3 Å². The number of carbonyl (C=O) groups excluding carboxylic acids is 2. The Morgan fingerprint density at radius 3 is 2.42 bits per heavy atom. The molecular weight excluding hydrogens is 310 g/mol. The number of esters is 1. The molecule has 0 fully saturated rings. The zero-order valence-electron chi connectivity index (χ0n) is 15.3. The van der Waals surface area contributed by atoms with E-state index >= 15 is 0 Å². The Balaban J connectivity index is 3.09. The molecule has 0 aromatic heterocycles. The number of methoxy groups -OCH3 is 2. The van der Waals surface area contributed by atoms with Crippen molar-refractivity contribution < 1.29 is 23.8 Å². The van der Waals surface area contributed by atoms with Crippen LogP contribution >= 0.6 is 0 Å². The summed E-state index contributed by atoms with van der Waals surface area (Å²) in [5.41, 5.74) is -0.178. The molecule has 1 amide bonds. The Hall–Kier alpha value is -2.08. The van der Waals surface area contributed by atoms with E-state index < -0.39 is 11.6 Å². The van der Waals surface area contributed by atoms with Gasteiger partial charge in [0.2, 0.25) is 0 Å². The lowest BCUT2D eigenvalue weighted by Gasteiger charge is -2.26. The fourth-order valence-corrected chi connectivity index (χ4v) is 2.28. The summed E-state index contributed by atoms with van der Waals surface area (Å²) in [6, 6.07) is 4.87. The monoisotopic (exact) mass is 337 g/mol. The highest BCUT2D eigenvalue weighted by atomic mass is 16.5. The lowest BCUT2D eigenvalue weighted by molar-refractivity contribution is -0.136. The van der Waals surface area contributed by atoms with E-state index in [9.17, 15) is 9.59 Å². The molecular formula is C18H27NO5. The van der Waals surface area contributed by atoms with E-state index in [1.54, 1.807) is 25.1 Å². The average Bonchev–Trinajstić information content (AvgIpc) is 2.55. The predicted molar refractivity (Wildman–Crippen MR) is 92.5 cm³/mol. The fraction of sp³-hybridized carbons (Fsp3) is 0.556. The van der Waals surface area contributed by atoms with Crippen LogP contribution in [0.5, 0.6) is 5.75 Å². The summed E-state index contributed by atoms with van der Waals surface area (Å²) in [6.45, 7) is 7.46. The highest BCUT2D eigenvalue weighted by molar-refractivity contribution is 5.99. The fourth-order valence-electron chi connectivity index (χ4n) is 2.28. The van der Waals surface area contributed by atoms with E-state index in [1.165, 1.54) is 14.2 Å². The number of anilines is 1. The molecule has 1 aromatic carbocycles. The molecule has 0 bridgehead atoms. The van der Waals surface area contributed by atoms with Crippen LogP contribution in [0.4, 0.5) is 5.69 Å². The minimum Gasteiger partial charge on any atom is -0.490 e. The summed E-state index contributed by atoms with van der Waals surface area (Å²) in [7, 11) is 2.81. The van der Waals surface area contributed by atoms with E-state index in [0.29, 0.717) is 17.9 Å². The normalized spacial score (nSPS) is 13.3. The topological polar surface area (TPSA) is 73.9 Å². The van der Waals surface area contributed by atoms with Gasteiger partial charge < -0.3 is 19.5 Å². The largest absolute Gasteiger partial charge is 0.490 e. The highest BCUT2D eigenvalue weighted by Crippen LogP contribution is 2.26. The first-order chi connectivity index (χ1) is 11.3. The van der Waals surface area contributed by atoms with Crippen LogP contribution in [0.2, 0.25) is 0 Å². The standard InChI is InChI=1S/C18H27NO5/c1-7-10-18(4,23-6)17(21)19-13-8-9-15(24-12(2)3)14(11-13)16(20)22-5/h8-9,11-12H,7,10H2,1-6H3,(H,19,21)/t18-/m1/s1. The predicted octanol–water partition coefficient (Wildman–Crippen LogP) is 3.40. The van der Waals surface area contributed by atoms with E-state index in [2.05, 4.69) is 5.32 Å². The molecule has 0 radical (unpaired) electrons. The highest BCUT2D eigenvalue weighted by Gasteiger charge is 2.32. The molecule has 24 heavy (non-hydrogen) atoms. The smallest absolute Gasteiger partial charge is 0.341 e. The zero-order valence-corrected chi connectivity index (χ0v) is 15.3. The van der Waals surface area contributed by atoms with Crippen LogP contribution in [0.25, 0.3) is 0 Å². The van der Waals surface area contributed by atoms with Crippen LogP contribution in [0.1, 0.15) is 50.9 Å². The molecule has 1 atom stereocenters. The molecule has 6 heteroatoms. The number of amides is 1. The van der Waals surface area contributed by atoms with Gasteiger partial charge in [-0.3, -0.25) is 4.79 Å². The van der Waals surface area contributed by atoms with E-state index in [4.69, 9.17) is 14.2 Å². The second-order valence-corrected chi connectivity index (χ2v) is 6.01. The van der Waals surface area contributed by atoms with Crippen molar-refractivity contribution in [2.24, 2.45) is 0 Å². The zero-order chi connectivity index (χ0) is 18.3. The van der Waals surface area contributed by atoms with Crippen LogP contribution in [0.3, 0.4) is 0 Å². The summed E-state index contributed by atoms with van der Waals surface area (Å²) >= 11 is 0. The first kappa shape index (κ1) is 20.0. The summed E-state index contributed by atoms with van der Waals surface area (Å²) < 4.78 is 15.8. The molecule has 0 aliphatic rings. The molecule has 1 N–H and O–H groups in total. The van der Waals surface area contributed by atoms with Gasteiger partial charge in [0, 0.05) is 12.8 Å². The lowest BCUT2D eigenvalue weighted by atomic mass is 9.99. The molecule has 0 saturated carbocycles. The maximum Gasteiger partial charge on any atom is 0.341 e. The molecule has 1 rings (SSSR count). The first-order valence-electron chi connectivity index (χ1n) is 8.03. The molecule has 6 nitrogen and oxygen atoms in total. The van der Waals surface area contributed by atoms with Crippen molar-refractivity contribution in [2.45, 2.75) is 52.2 Å². The lowest BCUT2D eigenvalue weighted by Crippen LogP contribution is -2.41. The number of carbonyl (C=O) groups is 2. The van der Waals surface area contributed by atoms with Gasteiger partial charge in [0.25, 0.3) is 5.91 Å². The van der Waals surface area contributed by atoms with E-state index in [-0.39, 0.29) is 17.6 Å². The van der Waals surface area contributed by atoms with E-state index in [0.717, 1.165) is 6.42 Å². The van der Waals surface area contributed by atoms with Gasteiger partial charge in [-0.2, -0.15) is 0 Å². The van der Waals surface area contributed by atoms with Gasteiger partial charge in [0.05, 0.1) is 13.2 Å². The third-order valence-corrected chi connectivity index (χ3v) is 3.66. The van der Waals surface area contributed by atoms with Crippen molar-refractivity contribution in [3.8, 4) is 5.75 Å². The molecule has 1 aromatic rings. The maximum absolute atomic E-state index is 12.5. The van der Waals surface area contributed by atoms with Crippen molar-refractivity contribution in [2.75, 3.05) is 19.5 Å². The number of ether oxygens (including phenoxy) is 3. The third-order valence-electron chi connectivity index (χ3n) is 3.66. The van der Waals surface area contributed by atoms with Gasteiger partial charge in [-0.15, -0.1) is 0 Å². The summed E-state index contributed by atoms with van der Waals surface area (Å²) in [4.78, 5) is 24.5. The molecule has 0 saturated heterocycles. The second kappa shape index (κ2) is 8.68. The molecule has 134 valence electrons. The van der Waals surface area contributed by atoms with Crippen molar-refractivity contribution in [3.63, 3.8) is 0 Å². The minimum atomic E-state index is -0.923. The van der Waals surface area contributed by atoms with Crippen molar-refractivity contribution in [1.82, 2.24) is 0 Å². The van der Waals surface area contributed by atoms with Gasteiger partial charge in [-0.25, -0.2) is 4.79 Å². The van der Waals surface area contributed by atoms with Crippen LogP contribution in [0.15, 0.2) is 18.2 Å². The number of hydrogen-bond donors (Lipinski definition) is 1. The number of nitrogens with one attached hydrogen (secondary N) is 1. The Labute approximate surface area is 143 Å². The van der Waals surface area contributed by atoms with Gasteiger partial charge in [0.1, 0.15) is 16.9 Å².